The second kappa shape index (κ2) is 6.80. The van der Waals surface area contributed by atoms with Gasteiger partial charge in [-0.3, -0.25) is 4.79 Å². The van der Waals surface area contributed by atoms with E-state index in [9.17, 15) is 9.90 Å². The van der Waals surface area contributed by atoms with Crippen molar-refractivity contribution in [2.24, 2.45) is 0 Å². The molecule has 0 heterocycles. The first-order valence-electron chi connectivity index (χ1n) is 5.33. The van der Waals surface area contributed by atoms with E-state index in [2.05, 4.69) is 0 Å². The SMILES string of the molecule is O=C(/C=C(\O)c1ccccc1)c1ccccc1.[Cu]. The predicted molar refractivity (Wildman–Crippen MR) is 67.8 cm³/mol. The molecule has 2 rings (SSSR count). The number of hydrogen-bond donors (Lipinski definition) is 1. The molecule has 0 bridgehead atoms. The van der Waals surface area contributed by atoms with Crippen molar-refractivity contribution in [3.8, 4) is 0 Å². The molecule has 0 spiro atoms. The third kappa shape index (κ3) is 3.59. The molecule has 0 saturated heterocycles. The smallest absolute Gasteiger partial charge is 0.189 e. The van der Waals surface area contributed by atoms with Gasteiger partial charge in [0.25, 0.3) is 0 Å². The van der Waals surface area contributed by atoms with Crippen LogP contribution in [0.15, 0.2) is 66.7 Å². The van der Waals surface area contributed by atoms with E-state index in [1.165, 1.54) is 6.08 Å². The van der Waals surface area contributed by atoms with Gasteiger partial charge in [0.15, 0.2) is 5.78 Å². The molecule has 0 fully saturated rings. The average Bonchev–Trinajstić information content (AvgIpc) is 2.40. The Bertz CT molecular complexity index is 533. The Labute approximate surface area is 116 Å². The number of ketones is 1. The normalized spacial score (nSPS) is 10.6. The molecule has 0 aromatic heterocycles. The molecule has 2 aromatic carbocycles. The van der Waals surface area contributed by atoms with Gasteiger partial charge in [-0.05, 0) is 0 Å². The fourth-order valence-electron chi connectivity index (χ4n) is 1.50. The van der Waals surface area contributed by atoms with Crippen LogP contribution in [0.2, 0.25) is 0 Å². The zero-order valence-corrected chi connectivity index (χ0v) is 10.4. The third-order valence-electron chi connectivity index (χ3n) is 2.40. The predicted octanol–water partition coefficient (Wildman–Crippen LogP) is 3.47. The van der Waals surface area contributed by atoms with Crippen molar-refractivity contribution in [3.05, 3.63) is 77.9 Å². The maximum atomic E-state index is 11.8. The van der Waals surface area contributed by atoms with Gasteiger partial charge in [-0.2, -0.15) is 0 Å². The summed E-state index contributed by atoms with van der Waals surface area (Å²) in [7, 11) is 0. The summed E-state index contributed by atoms with van der Waals surface area (Å²) >= 11 is 0. The quantitative estimate of drug-likeness (QED) is 0.406. The largest absolute Gasteiger partial charge is 0.507 e. The molecule has 2 aromatic rings. The monoisotopic (exact) mass is 287 g/mol. The van der Waals surface area contributed by atoms with Crippen LogP contribution in [-0.4, -0.2) is 10.9 Å². The summed E-state index contributed by atoms with van der Waals surface area (Å²) in [5.74, 6) is -0.216. The van der Waals surface area contributed by atoms with Crippen molar-refractivity contribution in [2.45, 2.75) is 0 Å². The topological polar surface area (TPSA) is 37.3 Å². The molecule has 0 saturated carbocycles. The van der Waals surface area contributed by atoms with Gasteiger partial charge >= 0.3 is 0 Å². The van der Waals surface area contributed by atoms with Crippen molar-refractivity contribution in [2.75, 3.05) is 0 Å². The Balaban J connectivity index is 0.00000162. The van der Waals surface area contributed by atoms with Gasteiger partial charge in [0.05, 0.1) is 0 Å². The third-order valence-corrected chi connectivity index (χ3v) is 2.40. The molecule has 1 N–H and O–H groups in total. The van der Waals surface area contributed by atoms with Crippen LogP contribution in [0.1, 0.15) is 15.9 Å². The summed E-state index contributed by atoms with van der Waals surface area (Å²) in [6.07, 6.45) is 1.24. The molecule has 0 aliphatic rings. The van der Waals surface area contributed by atoms with E-state index in [0.29, 0.717) is 11.1 Å². The maximum Gasteiger partial charge on any atom is 0.189 e. The maximum absolute atomic E-state index is 11.8. The summed E-state index contributed by atoms with van der Waals surface area (Å²) in [5, 5.41) is 9.79. The van der Waals surface area contributed by atoms with Crippen LogP contribution in [0.25, 0.3) is 5.76 Å². The molecule has 0 amide bonds. The summed E-state index contributed by atoms with van der Waals surface area (Å²) in [5.41, 5.74) is 1.20. The molecule has 18 heavy (non-hydrogen) atoms. The Hall–Kier alpha value is -1.83. The molecule has 0 aliphatic carbocycles. The van der Waals surface area contributed by atoms with Gasteiger partial charge in [0, 0.05) is 34.3 Å². The van der Waals surface area contributed by atoms with Gasteiger partial charge in [0.1, 0.15) is 5.76 Å². The van der Waals surface area contributed by atoms with Crippen molar-refractivity contribution in [1.29, 1.82) is 0 Å². The number of rotatable bonds is 3. The zero-order chi connectivity index (χ0) is 12.1. The first kappa shape index (κ1) is 14.2. The second-order valence-corrected chi connectivity index (χ2v) is 3.63. The summed E-state index contributed by atoms with van der Waals surface area (Å²) in [6.45, 7) is 0. The Kier molecular flexibility index (Phi) is 5.37. The van der Waals surface area contributed by atoms with E-state index >= 15 is 0 Å². The average molecular weight is 288 g/mol. The van der Waals surface area contributed by atoms with Crippen molar-refractivity contribution in [1.82, 2.24) is 0 Å². The van der Waals surface area contributed by atoms with Crippen LogP contribution < -0.4 is 0 Å². The molecule has 0 aliphatic heterocycles. The van der Waals surface area contributed by atoms with Crippen LogP contribution in [0.3, 0.4) is 0 Å². The van der Waals surface area contributed by atoms with Crippen LogP contribution >= 0.6 is 0 Å². The molecule has 0 unspecified atom stereocenters. The van der Waals surface area contributed by atoms with E-state index in [-0.39, 0.29) is 28.6 Å². The molecular weight excluding hydrogens is 276 g/mol. The van der Waals surface area contributed by atoms with Crippen LogP contribution in [-0.2, 0) is 17.1 Å². The molecule has 3 heteroatoms. The van der Waals surface area contributed by atoms with Gasteiger partial charge in [-0.1, -0.05) is 60.7 Å². The molecule has 1 radical (unpaired) electrons. The minimum atomic E-state index is -0.202. The Morgan fingerprint density at radius 3 is 1.78 bits per heavy atom. The van der Waals surface area contributed by atoms with Crippen LogP contribution in [0.4, 0.5) is 0 Å². The van der Waals surface area contributed by atoms with Gasteiger partial charge in [0.2, 0.25) is 0 Å². The molecule has 2 nitrogen and oxygen atoms in total. The number of aliphatic hydroxyl groups is 1. The number of hydrogen-bond acceptors (Lipinski definition) is 2. The zero-order valence-electron chi connectivity index (χ0n) is 9.51. The number of aliphatic hydroxyl groups excluding tert-OH is 1. The standard InChI is InChI=1S/C15H12O2.Cu/c16-14(12-7-3-1-4-8-12)11-15(17)13-9-5-2-6-10-13;/h1-11,16H;/b14-11-;. The fraction of sp³-hybridized carbons (Fsp3) is 0. The van der Waals surface area contributed by atoms with Gasteiger partial charge < -0.3 is 5.11 Å². The summed E-state index contributed by atoms with van der Waals surface area (Å²) < 4.78 is 0. The number of allylic oxidation sites excluding steroid dienone is 1. The van der Waals surface area contributed by atoms with Crippen LogP contribution in [0, 0.1) is 0 Å². The Morgan fingerprint density at radius 2 is 1.28 bits per heavy atom. The van der Waals surface area contributed by atoms with Crippen LogP contribution in [0.5, 0.6) is 0 Å². The second-order valence-electron chi connectivity index (χ2n) is 3.63. The number of carbonyl (C=O) groups excluding carboxylic acids is 1. The van der Waals surface area contributed by atoms with E-state index < -0.39 is 0 Å². The molecular formula is C15H12CuO2. The van der Waals surface area contributed by atoms with Crippen molar-refractivity contribution < 1.29 is 27.0 Å². The molecule has 0 atom stereocenters. The van der Waals surface area contributed by atoms with Crippen molar-refractivity contribution >= 4 is 11.5 Å². The summed E-state index contributed by atoms with van der Waals surface area (Å²) in [4.78, 5) is 11.8. The fourth-order valence-corrected chi connectivity index (χ4v) is 1.50. The minimum Gasteiger partial charge on any atom is -0.507 e. The van der Waals surface area contributed by atoms with Crippen molar-refractivity contribution in [3.63, 3.8) is 0 Å². The van der Waals surface area contributed by atoms with Gasteiger partial charge in [-0.25, -0.2) is 0 Å². The van der Waals surface area contributed by atoms with E-state index in [4.69, 9.17) is 0 Å². The van der Waals surface area contributed by atoms with E-state index in [1.807, 2.05) is 24.3 Å². The first-order valence-corrected chi connectivity index (χ1v) is 5.33. The summed E-state index contributed by atoms with van der Waals surface area (Å²) in [6, 6.07) is 17.9. The van der Waals surface area contributed by atoms with E-state index in [1.54, 1.807) is 36.4 Å². The number of carbonyl (C=O) groups is 1. The minimum absolute atomic E-state index is 0. The first-order chi connectivity index (χ1) is 8.27. The molecule has 95 valence electrons. The van der Waals surface area contributed by atoms with E-state index in [0.717, 1.165) is 0 Å². The Morgan fingerprint density at radius 1 is 0.833 bits per heavy atom. The number of benzene rings is 2. The van der Waals surface area contributed by atoms with Gasteiger partial charge in [-0.15, -0.1) is 0 Å².